The van der Waals surface area contributed by atoms with Gasteiger partial charge in [-0.2, -0.15) is 0 Å². The van der Waals surface area contributed by atoms with Crippen LogP contribution in [0.25, 0.3) is 0 Å². The molecule has 38 heavy (non-hydrogen) atoms. The molecule has 6 N–H and O–H groups in total. The van der Waals surface area contributed by atoms with Gasteiger partial charge >= 0.3 is 0 Å². The third-order valence-corrected chi connectivity index (χ3v) is 7.61. The van der Waals surface area contributed by atoms with Crippen LogP contribution in [0.5, 0.6) is 0 Å². The van der Waals surface area contributed by atoms with Crippen LogP contribution in [0.15, 0.2) is 36.0 Å². The van der Waals surface area contributed by atoms with Gasteiger partial charge < -0.3 is 44.8 Å². The summed E-state index contributed by atoms with van der Waals surface area (Å²) in [7, 11) is 0. The minimum Gasteiger partial charge on any atom is -0.388 e. The Kier molecular flexibility index (Phi) is 8.20. The van der Waals surface area contributed by atoms with Crippen molar-refractivity contribution in [3.63, 3.8) is 0 Å². The lowest BCUT2D eigenvalue weighted by molar-refractivity contribution is -0.458. The van der Waals surface area contributed by atoms with E-state index in [1.54, 1.807) is 6.08 Å². The number of aliphatic hydroxyl groups is 6. The zero-order valence-corrected chi connectivity index (χ0v) is 21.0. The Morgan fingerprint density at radius 3 is 1.95 bits per heavy atom. The molecule has 2 aliphatic carbocycles. The van der Waals surface area contributed by atoms with Crippen LogP contribution < -0.4 is 0 Å². The molecule has 12 nitrogen and oxygen atoms in total. The summed E-state index contributed by atoms with van der Waals surface area (Å²) in [6.07, 6.45) is -6.92. The molecule has 0 aromatic heterocycles. The van der Waals surface area contributed by atoms with Crippen LogP contribution in [0.4, 0.5) is 0 Å². The van der Waals surface area contributed by atoms with E-state index in [1.807, 2.05) is 0 Å². The molecule has 0 bridgehead atoms. The molecular formula is C26H34O12. The number of Topliss-reactive ketones (excluding diaryl/α,β-unsaturated/α-hetero) is 1. The van der Waals surface area contributed by atoms with E-state index in [1.165, 1.54) is 38.2 Å². The second kappa shape index (κ2) is 10.8. The monoisotopic (exact) mass is 538 g/mol. The third kappa shape index (κ3) is 5.33. The zero-order chi connectivity index (χ0) is 28.0. The molecule has 4 rings (SSSR count). The largest absolute Gasteiger partial charge is 0.388 e. The molecule has 0 aromatic carbocycles. The van der Waals surface area contributed by atoms with E-state index in [0.717, 1.165) is 0 Å². The van der Waals surface area contributed by atoms with Gasteiger partial charge in [-0.05, 0) is 31.6 Å². The highest BCUT2D eigenvalue weighted by Crippen LogP contribution is 2.46. The van der Waals surface area contributed by atoms with Crippen molar-refractivity contribution in [2.45, 2.75) is 99.9 Å². The van der Waals surface area contributed by atoms with Gasteiger partial charge in [0.25, 0.3) is 0 Å². The molecule has 1 unspecified atom stereocenters. The van der Waals surface area contributed by atoms with Crippen molar-refractivity contribution in [2.75, 3.05) is 0 Å². The predicted octanol–water partition coefficient (Wildman–Crippen LogP) is -1.65. The summed E-state index contributed by atoms with van der Waals surface area (Å²) in [4.78, 5) is 36.1. The number of allylic oxidation sites excluding steroid dienone is 5. The smallest absolute Gasteiger partial charge is 0.204 e. The SMILES string of the molecule is C[C@@H]1O[C@@](CC2=CCC(=O)C=C2)(O[C@]2(CC3C=CC(=O)CC3=O)O[C@@H](C)[C@H](O)[C@@H](O)[C@H]2O)[C@H](O)[C@H](O)[C@H]1O. The summed E-state index contributed by atoms with van der Waals surface area (Å²) in [5.74, 6) is -6.58. The van der Waals surface area contributed by atoms with Crippen molar-refractivity contribution in [2.24, 2.45) is 5.92 Å². The van der Waals surface area contributed by atoms with E-state index in [9.17, 15) is 45.0 Å². The Hall–Kier alpha value is -2.13. The molecule has 0 saturated carbocycles. The number of carbonyl (C=O) groups is 3. The first kappa shape index (κ1) is 28.9. The number of aliphatic hydroxyl groups excluding tert-OH is 6. The average molecular weight is 539 g/mol. The number of carbonyl (C=O) groups excluding carboxylic acids is 3. The van der Waals surface area contributed by atoms with Crippen LogP contribution in [0.2, 0.25) is 0 Å². The molecule has 2 fully saturated rings. The first-order valence-electron chi connectivity index (χ1n) is 12.6. The highest BCUT2D eigenvalue weighted by atomic mass is 16.8. The van der Waals surface area contributed by atoms with Gasteiger partial charge in [-0.15, -0.1) is 0 Å². The molecule has 0 spiro atoms. The van der Waals surface area contributed by atoms with Gasteiger partial charge in [0.15, 0.2) is 11.6 Å². The lowest BCUT2D eigenvalue weighted by atomic mass is 9.81. The number of ketones is 3. The van der Waals surface area contributed by atoms with E-state index in [-0.39, 0.29) is 18.6 Å². The normalized spacial score (nSPS) is 45.8. The van der Waals surface area contributed by atoms with Gasteiger partial charge in [0.1, 0.15) is 42.4 Å². The van der Waals surface area contributed by atoms with Gasteiger partial charge in [-0.3, -0.25) is 14.4 Å². The number of hydrogen-bond donors (Lipinski definition) is 6. The van der Waals surface area contributed by atoms with Crippen molar-refractivity contribution >= 4 is 17.3 Å². The Bertz CT molecular complexity index is 1050. The lowest BCUT2D eigenvalue weighted by Crippen LogP contribution is -2.72. The molecule has 12 heteroatoms. The first-order chi connectivity index (χ1) is 17.8. The maximum absolute atomic E-state index is 12.7. The van der Waals surface area contributed by atoms with Gasteiger partial charge in [0.2, 0.25) is 11.6 Å². The van der Waals surface area contributed by atoms with Crippen LogP contribution in [-0.4, -0.2) is 108 Å². The summed E-state index contributed by atoms with van der Waals surface area (Å²) in [6.45, 7) is 2.83. The molecule has 0 amide bonds. The molecule has 4 aliphatic rings. The van der Waals surface area contributed by atoms with Crippen LogP contribution in [0, 0.1) is 5.92 Å². The topological polar surface area (TPSA) is 200 Å². The fraction of sp³-hybridized carbons (Fsp3) is 0.654. The third-order valence-electron chi connectivity index (χ3n) is 7.61. The highest BCUT2D eigenvalue weighted by Gasteiger charge is 2.62. The number of rotatable bonds is 6. The van der Waals surface area contributed by atoms with Crippen molar-refractivity contribution < 1.29 is 59.2 Å². The zero-order valence-electron chi connectivity index (χ0n) is 21.0. The summed E-state index contributed by atoms with van der Waals surface area (Å²) < 4.78 is 18.2. The molecule has 210 valence electrons. The maximum atomic E-state index is 12.7. The van der Waals surface area contributed by atoms with Crippen LogP contribution in [0.1, 0.15) is 39.5 Å². The van der Waals surface area contributed by atoms with Crippen molar-refractivity contribution in [3.8, 4) is 0 Å². The second-order valence-electron chi connectivity index (χ2n) is 10.5. The van der Waals surface area contributed by atoms with Gasteiger partial charge in [-0.25, -0.2) is 0 Å². The highest BCUT2D eigenvalue weighted by molar-refractivity contribution is 6.08. The second-order valence-corrected chi connectivity index (χ2v) is 10.5. The van der Waals surface area contributed by atoms with E-state index < -0.39 is 90.7 Å². The van der Waals surface area contributed by atoms with Crippen LogP contribution in [0.3, 0.4) is 0 Å². The molecule has 0 aromatic rings. The molecule has 2 aliphatic heterocycles. The molecule has 11 atom stereocenters. The van der Waals surface area contributed by atoms with Crippen molar-refractivity contribution in [1.82, 2.24) is 0 Å². The van der Waals surface area contributed by atoms with E-state index in [4.69, 9.17) is 14.2 Å². The maximum Gasteiger partial charge on any atom is 0.204 e. The molecule has 0 radical (unpaired) electrons. The van der Waals surface area contributed by atoms with E-state index >= 15 is 0 Å². The summed E-state index contributed by atoms with van der Waals surface area (Å²) in [5.41, 5.74) is 0.466. The minimum atomic E-state index is -2.29. The Labute approximate surface area is 218 Å². The van der Waals surface area contributed by atoms with Crippen LogP contribution in [-0.2, 0) is 28.6 Å². The fourth-order valence-electron chi connectivity index (χ4n) is 5.38. The Morgan fingerprint density at radius 1 is 0.816 bits per heavy atom. The van der Waals surface area contributed by atoms with Gasteiger partial charge in [-0.1, -0.05) is 18.2 Å². The fourth-order valence-corrected chi connectivity index (χ4v) is 5.38. The van der Waals surface area contributed by atoms with E-state index in [2.05, 4.69) is 0 Å². The molecular weight excluding hydrogens is 504 g/mol. The van der Waals surface area contributed by atoms with Gasteiger partial charge in [0.05, 0.1) is 18.6 Å². The van der Waals surface area contributed by atoms with Crippen LogP contribution >= 0.6 is 0 Å². The van der Waals surface area contributed by atoms with E-state index in [0.29, 0.717) is 5.57 Å². The van der Waals surface area contributed by atoms with Crippen molar-refractivity contribution in [3.05, 3.63) is 36.0 Å². The minimum absolute atomic E-state index is 0.0559. The number of hydrogen-bond acceptors (Lipinski definition) is 12. The summed E-state index contributed by atoms with van der Waals surface area (Å²) in [5, 5.41) is 64.5. The predicted molar refractivity (Wildman–Crippen MR) is 127 cm³/mol. The summed E-state index contributed by atoms with van der Waals surface area (Å²) in [6, 6.07) is 0. The van der Waals surface area contributed by atoms with Gasteiger partial charge in [0, 0.05) is 25.2 Å². The Morgan fingerprint density at radius 2 is 1.39 bits per heavy atom. The lowest BCUT2D eigenvalue weighted by Gasteiger charge is -2.55. The molecule has 2 heterocycles. The standard InChI is InChI=1S/C26H34O12/c1-12-19(30)21(32)23(34)25(36-12,10-14-3-6-16(27)7-4-14)38-26(11-15-5-8-17(28)9-18(15)29)24(35)22(33)20(31)13(2)37-26/h3-6,8,12-13,15,19-24,30-35H,7,9-11H2,1-2H3/t12-,13-,15?,19-,20-,21+,22+,23+,24+,25-,26-/m0/s1. The first-order valence-corrected chi connectivity index (χ1v) is 12.6. The van der Waals surface area contributed by atoms with Crippen molar-refractivity contribution in [1.29, 1.82) is 0 Å². The number of ether oxygens (including phenoxy) is 3. The average Bonchev–Trinajstić information content (AvgIpc) is 2.87. The summed E-state index contributed by atoms with van der Waals surface area (Å²) >= 11 is 0. The molecule has 2 saturated heterocycles. The Balaban J connectivity index is 1.79. The quantitative estimate of drug-likeness (QED) is 0.211.